The maximum atomic E-state index is 6.06. The van der Waals surface area contributed by atoms with Crippen LogP contribution in [-0.2, 0) is 11.2 Å². The van der Waals surface area contributed by atoms with Gasteiger partial charge in [0.1, 0.15) is 0 Å². The molecule has 0 amide bonds. The molecular weight excluding hydrogens is 330 g/mol. The Morgan fingerprint density at radius 1 is 1.12 bits per heavy atom. The van der Waals surface area contributed by atoms with Crippen LogP contribution < -0.4 is 5.32 Å². The summed E-state index contributed by atoms with van der Waals surface area (Å²) in [5, 5.41) is 4.68. The summed E-state index contributed by atoms with van der Waals surface area (Å²) >= 11 is 6.06. The van der Waals surface area contributed by atoms with Gasteiger partial charge in [-0.15, -0.1) is 0 Å². The van der Waals surface area contributed by atoms with Gasteiger partial charge in [0.15, 0.2) is 0 Å². The van der Waals surface area contributed by atoms with E-state index in [2.05, 4.69) is 31.3 Å². The summed E-state index contributed by atoms with van der Waals surface area (Å²) < 4.78 is 5.85. The van der Waals surface area contributed by atoms with Crippen LogP contribution in [0.4, 0.5) is 0 Å². The summed E-state index contributed by atoms with van der Waals surface area (Å²) in [4.78, 5) is 0. The molecule has 1 saturated heterocycles. The largest absolute Gasteiger partial charge is 0.375 e. The van der Waals surface area contributed by atoms with Gasteiger partial charge in [0, 0.05) is 17.7 Å². The van der Waals surface area contributed by atoms with Crippen LogP contribution in [0.2, 0.25) is 5.02 Å². The fourth-order valence-corrected chi connectivity index (χ4v) is 4.93. The number of hydrogen-bond acceptors (Lipinski definition) is 2. The fourth-order valence-electron chi connectivity index (χ4n) is 4.80. The van der Waals surface area contributed by atoms with Gasteiger partial charge in [-0.2, -0.15) is 0 Å². The lowest BCUT2D eigenvalue weighted by Gasteiger charge is -2.40. The van der Waals surface area contributed by atoms with Crippen LogP contribution in [0.5, 0.6) is 0 Å². The topological polar surface area (TPSA) is 21.3 Å². The summed E-state index contributed by atoms with van der Waals surface area (Å²) in [5.41, 5.74) is 1.94. The van der Waals surface area contributed by atoms with Gasteiger partial charge in [-0.25, -0.2) is 0 Å². The average Bonchev–Trinajstić information content (AvgIpc) is 2.57. The first-order valence-electron chi connectivity index (χ1n) is 10.1. The molecule has 0 unspecified atom stereocenters. The van der Waals surface area contributed by atoms with Gasteiger partial charge < -0.3 is 10.1 Å². The van der Waals surface area contributed by atoms with Crippen molar-refractivity contribution < 1.29 is 4.74 Å². The summed E-state index contributed by atoms with van der Waals surface area (Å²) in [7, 11) is 0. The molecule has 3 rings (SSSR count). The molecule has 0 radical (unpaired) electrons. The third kappa shape index (κ3) is 5.70. The van der Waals surface area contributed by atoms with Gasteiger partial charge in [-0.05, 0) is 82.0 Å². The van der Waals surface area contributed by atoms with E-state index in [0.717, 1.165) is 31.0 Å². The molecule has 1 saturated carbocycles. The van der Waals surface area contributed by atoms with Crippen molar-refractivity contribution in [2.24, 2.45) is 5.41 Å². The highest BCUT2D eigenvalue weighted by Gasteiger charge is 2.33. The van der Waals surface area contributed by atoms with Crippen molar-refractivity contribution in [3.05, 3.63) is 34.9 Å². The van der Waals surface area contributed by atoms with E-state index in [9.17, 15) is 0 Å². The zero-order valence-electron chi connectivity index (χ0n) is 16.0. The molecular formula is C22H34ClNO. The number of nitrogens with one attached hydrogen (secondary N) is 1. The Labute approximate surface area is 158 Å². The number of rotatable bonds is 6. The lowest BCUT2D eigenvalue weighted by molar-refractivity contribution is -0.0631. The fraction of sp³-hybridized carbons (Fsp3) is 0.727. The van der Waals surface area contributed by atoms with Crippen molar-refractivity contribution >= 4 is 11.6 Å². The molecule has 2 fully saturated rings. The van der Waals surface area contributed by atoms with Crippen molar-refractivity contribution in [2.75, 3.05) is 13.2 Å². The van der Waals surface area contributed by atoms with E-state index in [1.165, 1.54) is 50.5 Å². The molecule has 3 heteroatoms. The summed E-state index contributed by atoms with van der Waals surface area (Å²) in [6.45, 7) is 6.45. The normalized spacial score (nSPS) is 25.6. The van der Waals surface area contributed by atoms with Crippen molar-refractivity contribution in [3.8, 4) is 0 Å². The smallest absolute Gasteiger partial charge is 0.0641 e. The second-order valence-electron chi connectivity index (χ2n) is 8.87. The second kappa shape index (κ2) is 8.41. The molecule has 0 spiro atoms. The van der Waals surface area contributed by atoms with Gasteiger partial charge in [0.05, 0.1) is 5.60 Å². The second-order valence-corrected chi connectivity index (χ2v) is 9.30. The predicted octanol–water partition coefficient (Wildman–Crippen LogP) is 5.77. The number of halogens is 1. The van der Waals surface area contributed by atoms with Crippen LogP contribution in [0.1, 0.15) is 70.8 Å². The average molecular weight is 364 g/mol. The lowest BCUT2D eigenvalue weighted by Crippen LogP contribution is -2.44. The van der Waals surface area contributed by atoms with E-state index >= 15 is 0 Å². The Morgan fingerprint density at radius 3 is 2.52 bits per heavy atom. The molecule has 2 aliphatic rings. The maximum absolute atomic E-state index is 6.06. The molecule has 1 atom stereocenters. The minimum Gasteiger partial charge on any atom is -0.375 e. The molecule has 2 nitrogen and oxygen atoms in total. The van der Waals surface area contributed by atoms with E-state index in [1.807, 2.05) is 12.1 Å². The third-order valence-electron chi connectivity index (χ3n) is 6.19. The zero-order valence-corrected chi connectivity index (χ0v) is 16.7. The minimum absolute atomic E-state index is 0.0295. The monoisotopic (exact) mass is 363 g/mol. The molecule has 140 valence electrons. The van der Waals surface area contributed by atoms with Crippen molar-refractivity contribution in [3.63, 3.8) is 0 Å². The van der Waals surface area contributed by atoms with Crippen LogP contribution in [-0.4, -0.2) is 24.8 Å². The molecule has 1 N–H and O–H groups in total. The van der Waals surface area contributed by atoms with Crippen molar-refractivity contribution in [1.82, 2.24) is 5.32 Å². The maximum Gasteiger partial charge on any atom is 0.0641 e. The Morgan fingerprint density at radius 2 is 1.84 bits per heavy atom. The third-order valence-corrected chi connectivity index (χ3v) is 6.44. The standard InChI is InChI=1S/C22H34ClNO/c1-21(2)17-20(10-15-25-21)24-14-13-22(11-4-3-5-12-22)16-18-6-8-19(23)9-7-18/h6-9,20,24H,3-5,10-17H2,1-2H3/t20-/m0/s1. The van der Waals surface area contributed by atoms with Gasteiger partial charge in [0.2, 0.25) is 0 Å². The van der Waals surface area contributed by atoms with Crippen molar-refractivity contribution in [1.29, 1.82) is 0 Å². The van der Waals surface area contributed by atoms with Gasteiger partial charge >= 0.3 is 0 Å². The van der Waals surface area contributed by atoms with Crippen LogP contribution in [0.25, 0.3) is 0 Å². The van der Waals surface area contributed by atoms with Crippen LogP contribution in [0.3, 0.4) is 0 Å². The SMILES string of the molecule is CC1(C)C[C@@H](NCCC2(Cc3ccc(Cl)cc3)CCCCC2)CCO1. The molecule has 1 aliphatic heterocycles. The zero-order chi connectivity index (χ0) is 17.8. The van der Waals surface area contributed by atoms with Crippen LogP contribution >= 0.6 is 11.6 Å². The van der Waals surface area contributed by atoms with Gasteiger partial charge in [0.25, 0.3) is 0 Å². The van der Waals surface area contributed by atoms with E-state index in [-0.39, 0.29) is 5.60 Å². The Bertz CT molecular complexity index is 533. The Hall–Kier alpha value is -0.570. The quantitative estimate of drug-likeness (QED) is 0.692. The Balaban J connectivity index is 1.56. The van der Waals surface area contributed by atoms with Crippen molar-refractivity contribution in [2.45, 2.75) is 83.3 Å². The molecule has 1 aromatic rings. The van der Waals surface area contributed by atoms with Crippen LogP contribution in [0.15, 0.2) is 24.3 Å². The van der Waals surface area contributed by atoms with E-state index in [4.69, 9.17) is 16.3 Å². The lowest BCUT2D eigenvalue weighted by atomic mass is 9.68. The Kier molecular flexibility index (Phi) is 6.46. The first-order valence-corrected chi connectivity index (χ1v) is 10.5. The molecule has 0 aromatic heterocycles. The van der Waals surface area contributed by atoms with E-state index < -0.39 is 0 Å². The highest BCUT2D eigenvalue weighted by atomic mass is 35.5. The summed E-state index contributed by atoms with van der Waals surface area (Å²) in [6, 6.07) is 9.12. The van der Waals surface area contributed by atoms with Crippen LogP contribution in [0, 0.1) is 5.41 Å². The predicted molar refractivity (Wildman–Crippen MR) is 106 cm³/mol. The number of ether oxygens (including phenoxy) is 1. The molecule has 25 heavy (non-hydrogen) atoms. The highest BCUT2D eigenvalue weighted by Crippen LogP contribution is 2.42. The summed E-state index contributed by atoms with van der Waals surface area (Å²) in [5.74, 6) is 0. The first kappa shape index (κ1) is 19.2. The molecule has 1 aliphatic carbocycles. The minimum atomic E-state index is 0.0295. The van der Waals surface area contributed by atoms with Gasteiger partial charge in [-0.1, -0.05) is 43.0 Å². The number of benzene rings is 1. The summed E-state index contributed by atoms with van der Waals surface area (Å²) in [6.07, 6.45) is 11.7. The number of hydrogen-bond donors (Lipinski definition) is 1. The highest BCUT2D eigenvalue weighted by molar-refractivity contribution is 6.30. The first-order chi connectivity index (χ1) is 12.0. The van der Waals surface area contributed by atoms with Gasteiger partial charge in [-0.3, -0.25) is 0 Å². The molecule has 0 bridgehead atoms. The molecule has 1 aromatic carbocycles. The van der Waals surface area contributed by atoms with E-state index in [1.54, 1.807) is 0 Å². The van der Waals surface area contributed by atoms with E-state index in [0.29, 0.717) is 11.5 Å². The molecule has 1 heterocycles.